The molecule has 49 heavy (non-hydrogen) atoms. The smallest absolute Gasteiger partial charge is 0.296 e. The summed E-state index contributed by atoms with van der Waals surface area (Å²) < 4.78 is 96.7. The first-order valence-electron chi connectivity index (χ1n) is 13.7. The van der Waals surface area contributed by atoms with Gasteiger partial charge in [0.05, 0.1) is 21.2 Å². The molecule has 0 aromatic heterocycles. The van der Waals surface area contributed by atoms with E-state index in [0.29, 0.717) is 34.8 Å². The van der Waals surface area contributed by atoms with Gasteiger partial charge < -0.3 is 10.6 Å². The Labute approximate surface area is 279 Å². The van der Waals surface area contributed by atoms with Crippen molar-refractivity contribution in [2.24, 2.45) is 0 Å². The van der Waals surface area contributed by atoms with Crippen molar-refractivity contribution < 1.29 is 53.5 Å². The van der Waals surface area contributed by atoms with Crippen LogP contribution in [0.2, 0.25) is 0 Å². The molecule has 2 amide bonds. The molecule has 0 fully saturated rings. The number of benzene rings is 4. The van der Waals surface area contributed by atoms with Gasteiger partial charge in [-0.05, 0) is 47.5 Å². The third-order valence-corrected chi connectivity index (χ3v) is 10.7. The van der Waals surface area contributed by atoms with Crippen LogP contribution in [0.15, 0.2) is 105 Å². The Morgan fingerprint density at radius 2 is 0.898 bits per heavy atom. The second-order valence-electron chi connectivity index (χ2n) is 10.4. The van der Waals surface area contributed by atoms with E-state index in [9.17, 15) is 53.5 Å². The highest BCUT2D eigenvalue weighted by Gasteiger charge is 2.38. The second-order valence-corrected chi connectivity index (χ2v) is 15.0. The molecule has 1 aliphatic heterocycles. The molecule has 1 aliphatic rings. The van der Waals surface area contributed by atoms with Crippen LogP contribution >= 0.6 is 0 Å². The molecule has 0 aliphatic carbocycles. The van der Waals surface area contributed by atoms with Crippen molar-refractivity contribution in [3.8, 4) is 11.1 Å². The number of aldehydes is 2. The lowest BCUT2D eigenvalue weighted by atomic mass is 10.0. The molecule has 0 unspecified atom stereocenters. The maximum atomic E-state index is 13.7. The largest absolute Gasteiger partial charge is 0.321 e. The van der Waals surface area contributed by atoms with Crippen LogP contribution in [0.1, 0.15) is 31.8 Å². The van der Waals surface area contributed by atoms with E-state index in [-0.39, 0.29) is 11.1 Å². The van der Waals surface area contributed by atoms with Crippen LogP contribution in [0.4, 0.5) is 11.4 Å². The van der Waals surface area contributed by atoms with E-state index in [2.05, 4.69) is 10.6 Å². The minimum atomic E-state index is -5.13. The molecule has 4 aromatic rings. The molecular weight excluding hydrogens is 701 g/mol. The van der Waals surface area contributed by atoms with Gasteiger partial charge in [0.15, 0.2) is 0 Å². The van der Waals surface area contributed by atoms with E-state index < -0.39 is 72.8 Å². The lowest BCUT2D eigenvalue weighted by Crippen LogP contribution is -2.13. The van der Waals surface area contributed by atoms with E-state index in [4.69, 9.17) is 0 Å². The molecule has 0 atom stereocenters. The Morgan fingerprint density at radius 3 is 1.20 bits per heavy atom. The Kier molecular flexibility index (Phi) is 9.31. The lowest BCUT2D eigenvalue weighted by Gasteiger charge is -2.12. The number of sulfone groups is 1. The summed E-state index contributed by atoms with van der Waals surface area (Å²) in [6, 6.07) is 15.0. The van der Waals surface area contributed by atoms with Gasteiger partial charge in [0.1, 0.15) is 22.4 Å². The van der Waals surface area contributed by atoms with Gasteiger partial charge in [0.25, 0.3) is 20.2 Å². The number of nitrogens with one attached hydrogen (secondary N) is 2. The number of hydrogen-bond donors (Lipinski definition) is 4. The maximum absolute atomic E-state index is 13.7. The quantitative estimate of drug-likeness (QED) is 0.0912. The number of rotatable bonds is 10. The molecule has 17 heteroatoms. The standard InChI is InChI=1S/C32H22N2O12S3/c35-17-21-5-1-19(2-6-21)9-11-31(37)33-25-15-27-23(13-29(25)48(41,42)43)24-14-30(49(44,45)46)26(16-28(24)47(27,39)40)34-32(38)12-10-20-3-7-22(18-36)8-4-20/h1-18H,(H,33,37)(H,34,38)(H,41,42,43)(H,44,45,46). The van der Waals surface area contributed by atoms with Gasteiger partial charge >= 0.3 is 0 Å². The third-order valence-electron chi connectivity index (χ3n) is 7.10. The number of carbonyl (C=O) groups is 4. The van der Waals surface area contributed by atoms with Crippen molar-refractivity contribution in [3.05, 3.63) is 107 Å². The minimum absolute atomic E-state index is 0.382. The zero-order valence-corrected chi connectivity index (χ0v) is 27.0. The summed E-state index contributed by atoms with van der Waals surface area (Å²) in [7, 11) is -14.8. The number of amides is 2. The Balaban J connectivity index is 1.53. The van der Waals surface area contributed by atoms with Gasteiger partial charge in [0.2, 0.25) is 21.7 Å². The molecule has 4 aromatic carbocycles. The fourth-order valence-corrected chi connectivity index (χ4v) is 7.80. The second kappa shape index (κ2) is 13.1. The summed E-state index contributed by atoms with van der Waals surface area (Å²) in [5, 5.41) is 4.42. The Morgan fingerprint density at radius 1 is 0.571 bits per heavy atom. The number of carbonyl (C=O) groups excluding carboxylic acids is 4. The molecule has 5 rings (SSSR count). The van der Waals surface area contributed by atoms with Gasteiger partial charge in [-0.2, -0.15) is 16.8 Å². The molecule has 0 saturated heterocycles. The average Bonchev–Trinajstić information content (AvgIpc) is 3.26. The van der Waals surface area contributed by atoms with E-state index >= 15 is 0 Å². The normalized spacial score (nSPS) is 13.5. The van der Waals surface area contributed by atoms with Gasteiger partial charge in [-0.1, -0.05) is 48.5 Å². The number of hydrogen-bond acceptors (Lipinski definition) is 10. The van der Waals surface area contributed by atoms with Gasteiger partial charge in [-0.15, -0.1) is 0 Å². The van der Waals surface area contributed by atoms with E-state index in [1.807, 2.05) is 0 Å². The lowest BCUT2D eigenvalue weighted by molar-refractivity contribution is -0.112. The fourth-order valence-electron chi connectivity index (χ4n) is 4.79. The summed E-state index contributed by atoms with van der Waals surface area (Å²) in [6.07, 6.45) is 5.86. The van der Waals surface area contributed by atoms with Crippen molar-refractivity contribution in [1.82, 2.24) is 0 Å². The highest BCUT2D eigenvalue weighted by molar-refractivity contribution is 7.92. The predicted molar refractivity (Wildman–Crippen MR) is 176 cm³/mol. The van der Waals surface area contributed by atoms with Crippen molar-refractivity contribution in [1.29, 1.82) is 0 Å². The van der Waals surface area contributed by atoms with Gasteiger partial charge in [0, 0.05) is 34.4 Å². The monoisotopic (exact) mass is 722 g/mol. The molecular formula is C32H22N2O12S3. The highest BCUT2D eigenvalue weighted by atomic mass is 32.2. The van der Waals surface area contributed by atoms with Crippen molar-refractivity contribution in [3.63, 3.8) is 0 Å². The summed E-state index contributed by atoms with van der Waals surface area (Å²) >= 11 is 0. The van der Waals surface area contributed by atoms with Gasteiger partial charge in [-0.25, -0.2) is 8.42 Å². The average molecular weight is 723 g/mol. The third kappa shape index (κ3) is 7.45. The highest BCUT2D eigenvalue weighted by Crippen LogP contribution is 2.48. The Hall–Kier alpha value is -5.59. The van der Waals surface area contributed by atoms with E-state index in [0.717, 1.165) is 36.4 Å². The summed E-state index contributed by atoms with van der Waals surface area (Å²) in [4.78, 5) is 44.1. The van der Waals surface area contributed by atoms with Gasteiger partial charge in [-0.3, -0.25) is 28.3 Å². The summed E-state index contributed by atoms with van der Waals surface area (Å²) in [5.41, 5.74) is -0.270. The molecule has 0 spiro atoms. The van der Waals surface area contributed by atoms with Crippen LogP contribution in [0, 0.1) is 0 Å². The van der Waals surface area contributed by atoms with Crippen LogP contribution in [0.3, 0.4) is 0 Å². The number of anilines is 2. The fraction of sp³-hybridized carbons (Fsp3) is 0. The first-order valence-corrected chi connectivity index (χ1v) is 18.0. The SMILES string of the molecule is O=Cc1ccc(C=CC(=O)Nc2cc3c(cc2S(=O)(=O)O)-c2cc(S(=O)(=O)O)c(NC(=O)C=Cc4ccc(C=O)cc4)cc2S3(=O)=O)cc1. The first-order chi connectivity index (χ1) is 23.0. The molecule has 0 radical (unpaired) electrons. The zero-order valence-electron chi connectivity index (χ0n) is 24.6. The minimum Gasteiger partial charge on any atom is -0.321 e. The van der Waals surface area contributed by atoms with Crippen LogP contribution in [-0.4, -0.2) is 58.7 Å². The summed E-state index contributed by atoms with van der Waals surface area (Å²) in [6.45, 7) is 0. The van der Waals surface area contributed by atoms with E-state index in [1.165, 1.54) is 60.7 Å². The molecule has 250 valence electrons. The molecule has 4 N–H and O–H groups in total. The molecule has 1 heterocycles. The van der Waals surface area contributed by atoms with Crippen molar-refractivity contribution >= 4 is 78.0 Å². The molecule has 14 nitrogen and oxygen atoms in total. The predicted octanol–water partition coefficient (Wildman–Crippen LogP) is 3.92. The topological polar surface area (TPSA) is 235 Å². The number of fused-ring (bicyclic) bond motifs is 3. The summed E-state index contributed by atoms with van der Waals surface area (Å²) in [5.74, 6) is -1.85. The molecule has 0 bridgehead atoms. The van der Waals surface area contributed by atoms with Crippen molar-refractivity contribution in [2.75, 3.05) is 10.6 Å². The maximum Gasteiger partial charge on any atom is 0.296 e. The van der Waals surface area contributed by atoms with Crippen LogP contribution in [0.25, 0.3) is 23.3 Å². The van der Waals surface area contributed by atoms with Crippen molar-refractivity contribution in [2.45, 2.75) is 19.6 Å². The molecule has 0 saturated carbocycles. The van der Waals surface area contributed by atoms with Crippen LogP contribution < -0.4 is 10.6 Å². The first kappa shape index (κ1) is 34.7. The Bertz CT molecular complexity index is 2280. The van der Waals surface area contributed by atoms with E-state index in [1.54, 1.807) is 0 Å². The van der Waals surface area contributed by atoms with Crippen LogP contribution in [-0.2, 0) is 39.7 Å². The van der Waals surface area contributed by atoms with Crippen LogP contribution in [0.5, 0.6) is 0 Å². The zero-order chi connectivity index (χ0) is 35.7.